The Hall–Kier alpha value is -1.91. The van der Waals surface area contributed by atoms with Gasteiger partial charge in [0, 0.05) is 13.0 Å². The number of primary amides is 1. The number of methoxy groups -OCH3 is 1. The first-order chi connectivity index (χ1) is 8.20. The molecule has 1 heterocycles. The van der Waals surface area contributed by atoms with E-state index >= 15 is 0 Å². The molecule has 0 saturated carbocycles. The van der Waals surface area contributed by atoms with E-state index in [-0.39, 0.29) is 6.10 Å². The SMILES string of the molecule is COc1ccccc1OC1CCN(C(N)=O)C1. The van der Waals surface area contributed by atoms with Crippen LogP contribution in [0.4, 0.5) is 4.79 Å². The maximum absolute atomic E-state index is 11.0. The highest BCUT2D eigenvalue weighted by molar-refractivity contribution is 5.72. The van der Waals surface area contributed by atoms with E-state index in [1.807, 2.05) is 24.3 Å². The molecule has 1 aromatic carbocycles. The second kappa shape index (κ2) is 4.95. The van der Waals surface area contributed by atoms with Crippen molar-refractivity contribution >= 4 is 6.03 Å². The molecule has 1 fully saturated rings. The minimum atomic E-state index is -0.392. The summed E-state index contributed by atoms with van der Waals surface area (Å²) < 4.78 is 11.0. The standard InChI is InChI=1S/C12H16N2O3/c1-16-10-4-2-3-5-11(10)17-9-6-7-14(8-9)12(13)15/h2-5,9H,6-8H2,1H3,(H2,13,15). The monoisotopic (exact) mass is 236 g/mol. The van der Waals surface area contributed by atoms with E-state index in [9.17, 15) is 4.79 Å². The van der Waals surface area contributed by atoms with E-state index in [1.165, 1.54) is 0 Å². The Labute approximate surface area is 100 Å². The molecule has 2 N–H and O–H groups in total. The summed E-state index contributed by atoms with van der Waals surface area (Å²) in [7, 11) is 1.60. The predicted octanol–water partition coefficient (Wildman–Crippen LogP) is 1.23. The number of carbonyl (C=O) groups excluding carboxylic acids is 1. The van der Waals surface area contributed by atoms with E-state index < -0.39 is 6.03 Å². The van der Waals surface area contributed by atoms with Crippen LogP contribution in [0, 0.1) is 0 Å². The second-order valence-corrected chi connectivity index (χ2v) is 3.96. The van der Waals surface area contributed by atoms with Crippen molar-refractivity contribution in [1.29, 1.82) is 0 Å². The molecule has 1 aliphatic heterocycles. The maximum Gasteiger partial charge on any atom is 0.314 e. The molecule has 92 valence electrons. The highest BCUT2D eigenvalue weighted by atomic mass is 16.5. The average Bonchev–Trinajstić information content (AvgIpc) is 2.78. The van der Waals surface area contributed by atoms with Crippen molar-refractivity contribution in [2.45, 2.75) is 12.5 Å². The number of nitrogens with zero attached hydrogens (tertiary/aromatic N) is 1. The van der Waals surface area contributed by atoms with Gasteiger partial charge < -0.3 is 20.1 Å². The number of hydrogen-bond donors (Lipinski definition) is 1. The highest BCUT2D eigenvalue weighted by Crippen LogP contribution is 2.28. The summed E-state index contributed by atoms with van der Waals surface area (Å²) >= 11 is 0. The third-order valence-electron chi connectivity index (χ3n) is 2.82. The molecule has 0 aromatic heterocycles. The average molecular weight is 236 g/mol. The smallest absolute Gasteiger partial charge is 0.314 e. The topological polar surface area (TPSA) is 64.8 Å². The predicted molar refractivity (Wildman–Crippen MR) is 63.2 cm³/mol. The van der Waals surface area contributed by atoms with Crippen molar-refractivity contribution in [3.63, 3.8) is 0 Å². The van der Waals surface area contributed by atoms with Gasteiger partial charge in [-0.1, -0.05) is 12.1 Å². The second-order valence-electron chi connectivity index (χ2n) is 3.96. The number of carbonyl (C=O) groups is 1. The Morgan fingerprint density at radius 1 is 1.41 bits per heavy atom. The summed E-state index contributed by atoms with van der Waals surface area (Å²) in [4.78, 5) is 12.6. The molecule has 1 unspecified atom stereocenters. The zero-order chi connectivity index (χ0) is 12.3. The van der Waals surface area contributed by atoms with Crippen molar-refractivity contribution < 1.29 is 14.3 Å². The van der Waals surface area contributed by atoms with Crippen molar-refractivity contribution in [3.05, 3.63) is 24.3 Å². The van der Waals surface area contributed by atoms with Crippen molar-refractivity contribution in [1.82, 2.24) is 4.90 Å². The van der Waals surface area contributed by atoms with Gasteiger partial charge in [0.25, 0.3) is 0 Å². The highest BCUT2D eigenvalue weighted by Gasteiger charge is 2.26. The Bertz CT molecular complexity index is 408. The number of nitrogens with two attached hydrogens (primary N) is 1. The zero-order valence-corrected chi connectivity index (χ0v) is 9.76. The minimum absolute atomic E-state index is 0.0150. The van der Waals surface area contributed by atoms with Gasteiger partial charge in [0.15, 0.2) is 11.5 Å². The summed E-state index contributed by atoms with van der Waals surface area (Å²) in [5.74, 6) is 1.40. The van der Waals surface area contributed by atoms with Crippen LogP contribution in [0.1, 0.15) is 6.42 Å². The molecule has 5 heteroatoms. The van der Waals surface area contributed by atoms with E-state index in [0.29, 0.717) is 24.6 Å². The molecule has 0 bridgehead atoms. The maximum atomic E-state index is 11.0. The summed E-state index contributed by atoms with van der Waals surface area (Å²) in [6, 6.07) is 7.08. The van der Waals surface area contributed by atoms with Gasteiger partial charge >= 0.3 is 6.03 Å². The number of rotatable bonds is 3. The molecule has 1 aromatic rings. The van der Waals surface area contributed by atoms with E-state index in [4.69, 9.17) is 15.2 Å². The minimum Gasteiger partial charge on any atom is -0.493 e. The van der Waals surface area contributed by atoms with Gasteiger partial charge in [0.05, 0.1) is 13.7 Å². The third kappa shape index (κ3) is 2.61. The van der Waals surface area contributed by atoms with Crippen LogP contribution in [0.25, 0.3) is 0 Å². The summed E-state index contributed by atoms with van der Waals surface area (Å²) in [5, 5.41) is 0. The van der Waals surface area contributed by atoms with Gasteiger partial charge in [0.2, 0.25) is 0 Å². The first kappa shape index (κ1) is 11.6. The molecule has 0 radical (unpaired) electrons. The number of likely N-dealkylation sites (tertiary alicyclic amines) is 1. The molecule has 5 nitrogen and oxygen atoms in total. The summed E-state index contributed by atoms with van der Waals surface area (Å²) in [6.45, 7) is 1.18. The van der Waals surface area contributed by atoms with Gasteiger partial charge in [-0.15, -0.1) is 0 Å². The van der Waals surface area contributed by atoms with Crippen LogP contribution in [-0.2, 0) is 0 Å². The number of para-hydroxylation sites is 2. The van der Waals surface area contributed by atoms with Crippen LogP contribution in [-0.4, -0.2) is 37.2 Å². The molecule has 0 spiro atoms. The molecule has 2 rings (SSSR count). The number of benzene rings is 1. The van der Waals surface area contributed by atoms with Gasteiger partial charge in [0.1, 0.15) is 6.10 Å². The number of ether oxygens (including phenoxy) is 2. The summed E-state index contributed by atoms with van der Waals surface area (Å²) in [6.07, 6.45) is 0.778. The molecule has 1 atom stereocenters. The van der Waals surface area contributed by atoms with Crippen LogP contribution < -0.4 is 15.2 Å². The van der Waals surface area contributed by atoms with Crippen LogP contribution in [0.5, 0.6) is 11.5 Å². The van der Waals surface area contributed by atoms with Crippen LogP contribution in [0.2, 0.25) is 0 Å². The lowest BCUT2D eigenvalue weighted by atomic mass is 10.3. The lowest BCUT2D eigenvalue weighted by Gasteiger charge is -2.16. The Kier molecular flexibility index (Phi) is 3.37. The Morgan fingerprint density at radius 3 is 2.71 bits per heavy atom. The van der Waals surface area contributed by atoms with Crippen molar-refractivity contribution in [2.75, 3.05) is 20.2 Å². The van der Waals surface area contributed by atoms with E-state index in [0.717, 1.165) is 6.42 Å². The molecular weight excluding hydrogens is 220 g/mol. The molecule has 2 amide bonds. The summed E-state index contributed by atoms with van der Waals surface area (Å²) in [5.41, 5.74) is 5.22. The Morgan fingerprint density at radius 2 is 2.12 bits per heavy atom. The van der Waals surface area contributed by atoms with Gasteiger partial charge in [-0.05, 0) is 12.1 Å². The lowest BCUT2D eigenvalue weighted by Crippen LogP contribution is -2.35. The first-order valence-electron chi connectivity index (χ1n) is 5.54. The zero-order valence-electron chi connectivity index (χ0n) is 9.76. The third-order valence-corrected chi connectivity index (χ3v) is 2.82. The fourth-order valence-corrected chi connectivity index (χ4v) is 1.92. The number of urea groups is 1. The Balaban J connectivity index is 2.00. The van der Waals surface area contributed by atoms with Gasteiger partial charge in [-0.2, -0.15) is 0 Å². The molecule has 1 aliphatic rings. The van der Waals surface area contributed by atoms with E-state index in [1.54, 1.807) is 12.0 Å². The molecular formula is C12H16N2O3. The largest absolute Gasteiger partial charge is 0.493 e. The fraction of sp³-hybridized carbons (Fsp3) is 0.417. The molecule has 1 saturated heterocycles. The van der Waals surface area contributed by atoms with Crippen molar-refractivity contribution in [2.24, 2.45) is 5.73 Å². The van der Waals surface area contributed by atoms with Gasteiger partial charge in [-0.3, -0.25) is 0 Å². The van der Waals surface area contributed by atoms with Crippen LogP contribution >= 0.6 is 0 Å². The van der Waals surface area contributed by atoms with Gasteiger partial charge in [-0.25, -0.2) is 4.79 Å². The first-order valence-corrected chi connectivity index (χ1v) is 5.54. The number of hydrogen-bond acceptors (Lipinski definition) is 3. The quantitative estimate of drug-likeness (QED) is 0.858. The normalized spacial score (nSPS) is 19.1. The molecule has 17 heavy (non-hydrogen) atoms. The molecule has 0 aliphatic carbocycles. The van der Waals surface area contributed by atoms with Crippen LogP contribution in [0.15, 0.2) is 24.3 Å². The van der Waals surface area contributed by atoms with Crippen molar-refractivity contribution in [3.8, 4) is 11.5 Å². The van der Waals surface area contributed by atoms with Crippen LogP contribution in [0.3, 0.4) is 0 Å². The lowest BCUT2D eigenvalue weighted by molar-refractivity contribution is 0.188. The number of amides is 2. The van der Waals surface area contributed by atoms with E-state index in [2.05, 4.69) is 0 Å². The fourth-order valence-electron chi connectivity index (χ4n) is 1.92.